The van der Waals surface area contributed by atoms with Crippen molar-refractivity contribution in [1.29, 1.82) is 0 Å². The van der Waals surface area contributed by atoms with E-state index in [1.807, 2.05) is 13.0 Å². The number of nitrogens with zero attached hydrogens (tertiary/aromatic N) is 1. The summed E-state index contributed by atoms with van der Waals surface area (Å²) in [7, 11) is 2.88. The Kier molecular flexibility index (Phi) is 7.94. The molecule has 0 atom stereocenters. The van der Waals surface area contributed by atoms with Gasteiger partial charge in [0.2, 0.25) is 0 Å². The number of hydrogen-bond acceptors (Lipinski definition) is 4. The SMILES string of the molecule is CCNC(=NCc1ccc(OC)c(C(=O)OC)c1)NCC(C)C. The number of methoxy groups -OCH3 is 2. The summed E-state index contributed by atoms with van der Waals surface area (Å²) in [5.41, 5.74) is 1.32. The van der Waals surface area contributed by atoms with E-state index < -0.39 is 5.97 Å². The Morgan fingerprint density at radius 3 is 2.57 bits per heavy atom. The number of guanidine groups is 1. The van der Waals surface area contributed by atoms with Crippen molar-refractivity contribution in [3.8, 4) is 5.75 Å². The van der Waals surface area contributed by atoms with Crippen LogP contribution in [0.5, 0.6) is 5.75 Å². The van der Waals surface area contributed by atoms with Crippen LogP contribution in [0.15, 0.2) is 23.2 Å². The summed E-state index contributed by atoms with van der Waals surface area (Å²) >= 11 is 0. The van der Waals surface area contributed by atoms with Crippen molar-refractivity contribution in [2.75, 3.05) is 27.3 Å². The minimum Gasteiger partial charge on any atom is -0.496 e. The van der Waals surface area contributed by atoms with Crippen LogP contribution in [0.3, 0.4) is 0 Å². The second kappa shape index (κ2) is 9.71. The van der Waals surface area contributed by atoms with Crippen LogP contribution < -0.4 is 15.4 Å². The van der Waals surface area contributed by atoms with Gasteiger partial charge in [-0.3, -0.25) is 0 Å². The second-order valence-corrected chi connectivity index (χ2v) is 5.50. The Hall–Kier alpha value is -2.24. The van der Waals surface area contributed by atoms with Crippen molar-refractivity contribution in [3.63, 3.8) is 0 Å². The summed E-state index contributed by atoms with van der Waals surface area (Å²) in [6, 6.07) is 5.40. The third kappa shape index (κ3) is 6.18. The maximum atomic E-state index is 11.8. The Labute approximate surface area is 138 Å². The zero-order valence-corrected chi connectivity index (χ0v) is 14.6. The lowest BCUT2D eigenvalue weighted by Gasteiger charge is -2.13. The van der Waals surface area contributed by atoms with E-state index in [0.717, 1.165) is 24.6 Å². The first-order valence-electron chi connectivity index (χ1n) is 7.79. The maximum Gasteiger partial charge on any atom is 0.341 e. The molecular formula is C17H27N3O3. The van der Waals surface area contributed by atoms with Crippen LogP contribution in [0, 0.1) is 5.92 Å². The van der Waals surface area contributed by atoms with Crippen LogP contribution in [-0.4, -0.2) is 39.2 Å². The van der Waals surface area contributed by atoms with E-state index in [1.165, 1.54) is 14.2 Å². The van der Waals surface area contributed by atoms with Gasteiger partial charge in [-0.1, -0.05) is 19.9 Å². The van der Waals surface area contributed by atoms with Crippen molar-refractivity contribution in [3.05, 3.63) is 29.3 Å². The summed E-state index contributed by atoms with van der Waals surface area (Å²) < 4.78 is 9.97. The minimum absolute atomic E-state index is 0.405. The molecule has 23 heavy (non-hydrogen) atoms. The summed E-state index contributed by atoms with van der Waals surface area (Å²) in [5, 5.41) is 6.49. The monoisotopic (exact) mass is 321 g/mol. The summed E-state index contributed by atoms with van der Waals surface area (Å²) in [6.45, 7) is 8.41. The molecule has 1 rings (SSSR count). The van der Waals surface area contributed by atoms with E-state index in [1.54, 1.807) is 12.1 Å². The van der Waals surface area contributed by atoms with Crippen LogP contribution in [-0.2, 0) is 11.3 Å². The van der Waals surface area contributed by atoms with Crippen LogP contribution >= 0.6 is 0 Å². The highest BCUT2D eigenvalue weighted by Crippen LogP contribution is 2.21. The van der Waals surface area contributed by atoms with Crippen molar-refractivity contribution in [2.24, 2.45) is 10.9 Å². The van der Waals surface area contributed by atoms with Gasteiger partial charge in [-0.15, -0.1) is 0 Å². The number of carbonyl (C=O) groups is 1. The van der Waals surface area contributed by atoms with E-state index >= 15 is 0 Å². The molecule has 1 aromatic rings. The van der Waals surface area contributed by atoms with E-state index in [0.29, 0.717) is 23.8 Å². The molecule has 0 aliphatic heterocycles. The highest BCUT2D eigenvalue weighted by atomic mass is 16.5. The zero-order valence-electron chi connectivity index (χ0n) is 14.6. The van der Waals surface area contributed by atoms with E-state index in [9.17, 15) is 4.79 Å². The van der Waals surface area contributed by atoms with Crippen LogP contribution in [0.1, 0.15) is 36.7 Å². The number of hydrogen-bond donors (Lipinski definition) is 2. The molecule has 128 valence electrons. The number of ether oxygens (including phenoxy) is 2. The number of esters is 1. The molecule has 0 aliphatic rings. The van der Waals surface area contributed by atoms with Crippen LogP contribution in [0.25, 0.3) is 0 Å². The van der Waals surface area contributed by atoms with Crippen LogP contribution in [0.2, 0.25) is 0 Å². The molecule has 1 aromatic carbocycles. The molecule has 0 saturated carbocycles. The third-order valence-electron chi connectivity index (χ3n) is 3.11. The Bertz CT molecular complexity index is 542. The average molecular weight is 321 g/mol. The van der Waals surface area contributed by atoms with Gasteiger partial charge < -0.3 is 20.1 Å². The summed E-state index contributed by atoms with van der Waals surface area (Å²) in [5.74, 6) is 1.37. The Morgan fingerprint density at radius 1 is 1.26 bits per heavy atom. The molecule has 0 heterocycles. The molecule has 0 spiro atoms. The molecule has 0 aromatic heterocycles. The summed E-state index contributed by atoms with van der Waals surface area (Å²) in [4.78, 5) is 16.3. The van der Waals surface area contributed by atoms with Crippen LogP contribution in [0.4, 0.5) is 0 Å². The molecule has 0 unspecified atom stereocenters. The fraction of sp³-hybridized carbons (Fsp3) is 0.529. The fourth-order valence-electron chi connectivity index (χ4n) is 1.94. The predicted molar refractivity (Wildman–Crippen MR) is 92.0 cm³/mol. The van der Waals surface area contributed by atoms with E-state index in [2.05, 4.69) is 29.5 Å². The largest absolute Gasteiger partial charge is 0.496 e. The van der Waals surface area contributed by atoms with Gasteiger partial charge in [0.05, 0.1) is 20.8 Å². The van der Waals surface area contributed by atoms with Gasteiger partial charge in [0.1, 0.15) is 11.3 Å². The van der Waals surface area contributed by atoms with Gasteiger partial charge in [-0.05, 0) is 30.5 Å². The summed E-state index contributed by atoms with van der Waals surface area (Å²) in [6.07, 6.45) is 0. The minimum atomic E-state index is -0.419. The standard InChI is InChI=1S/C17H27N3O3/c1-6-18-17(19-10-12(2)3)20-11-13-7-8-15(22-4)14(9-13)16(21)23-5/h7-9,12H,6,10-11H2,1-5H3,(H2,18,19,20). The number of carbonyl (C=O) groups excluding carboxylic acids is 1. The van der Waals surface area contributed by atoms with Gasteiger partial charge in [0.15, 0.2) is 5.96 Å². The molecule has 0 saturated heterocycles. The molecule has 6 nitrogen and oxygen atoms in total. The number of aliphatic imine (C=N–C) groups is 1. The quantitative estimate of drug-likeness (QED) is 0.457. The molecule has 0 aliphatic carbocycles. The third-order valence-corrected chi connectivity index (χ3v) is 3.11. The smallest absolute Gasteiger partial charge is 0.341 e. The molecule has 6 heteroatoms. The first-order valence-corrected chi connectivity index (χ1v) is 7.79. The average Bonchev–Trinajstić information content (AvgIpc) is 2.56. The van der Waals surface area contributed by atoms with Crippen molar-refractivity contribution in [1.82, 2.24) is 10.6 Å². The van der Waals surface area contributed by atoms with Gasteiger partial charge in [0, 0.05) is 13.1 Å². The molecule has 2 N–H and O–H groups in total. The molecule has 0 bridgehead atoms. The fourth-order valence-corrected chi connectivity index (χ4v) is 1.94. The van der Waals surface area contributed by atoms with Crippen molar-refractivity contribution in [2.45, 2.75) is 27.3 Å². The topological polar surface area (TPSA) is 72.0 Å². The molecular weight excluding hydrogens is 294 g/mol. The predicted octanol–water partition coefficient (Wildman–Crippen LogP) is 2.19. The first-order chi connectivity index (χ1) is 11.0. The normalized spacial score (nSPS) is 11.3. The van der Waals surface area contributed by atoms with Crippen molar-refractivity contribution < 1.29 is 14.3 Å². The lowest BCUT2D eigenvalue weighted by atomic mass is 10.1. The number of nitrogens with one attached hydrogen (secondary N) is 2. The number of rotatable bonds is 7. The Morgan fingerprint density at radius 2 is 2.00 bits per heavy atom. The molecule has 0 fully saturated rings. The van der Waals surface area contributed by atoms with Crippen molar-refractivity contribution >= 4 is 11.9 Å². The highest BCUT2D eigenvalue weighted by molar-refractivity contribution is 5.92. The lowest BCUT2D eigenvalue weighted by molar-refractivity contribution is 0.0597. The second-order valence-electron chi connectivity index (χ2n) is 5.50. The van der Waals surface area contributed by atoms with E-state index in [-0.39, 0.29) is 0 Å². The first kappa shape index (κ1) is 18.8. The molecule has 0 amide bonds. The van der Waals surface area contributed by atoms with Gasteiger partial charge in [-0.2, -0.15) is 0 Å². The number of benzene rings is 1. The van der Waals surface area contributed by atoms with Gasteiger partial charge >= 0.3 is 5.97 Å². The van der Waals surface area contributed by atoms with Gasteiger partial charge in [0.25, 0.3) is 0 Å². The van der Waals surface area contributed by atoms with Gasteiger partial charge in [-0.25, -0.2) is 9.79 Å². The molecule has 0 radical (unpaired) electrons. The zero-order chi connectivity index (χ0) is 17.2. The highest BCUT2D eigenvalue weighted by Gasteiger charge is 2.13. The van der Waals surface area contributed by atoms with E-state index in [4.69, 9.17) is 9.47 Å². The lowest BCUT2D eigenvalue weighted by Crippen LogP contribution is -2.39. The Balaban J connectivity index is 2.89. The maximum absolute atomic E-state index is 11.8.